The highest BCUT2D eigenvalue weighted by molar-refractivity contribution is 5.94. The summed E-state index contributed by atoms with van der Waals surface area (Å²) in [4.78, 5) is 24.3. The van der Waals surface area contributed by atoms with Crippen LogP contribution in [0.3, 0.4) is 0 Å². The van der Waals surface area contributed by atoms with Gasteiger partial charge in [-0.1, -0.05) is 27.7 Å². The van der Waals surface area contributed by atoms with Crippen LogP contribution in [-0.4, -0.2) is 54.8 Å². The maximum absolute atomic E-state index is 13.1. The highest BCUT2D eigenvalue weighted by Crippen LogP contribution is 2.55. The second kappa shape index (κ2) is 11.0. The molecule has 1 aliphatic heterocycles. The van der Waals surface area contributed by atoms with E-state index in [1.54, 1.807) is 37.7 Å². The first kappa shape index (κ1) is 27.3. The number of nitrogens with one attached hydrogen (secondary N) is 1. The molecule has 38 heavy (non-hydrogen) atoms. The molecule has 0 unspecified atom stereocenters. The van der Waals surface area contributed by atoms with Crippen molar-refractivity contribution in [2.75, 3.05) is 31.7 Å². The lowest BCUT2D eigenvalue weighted by Crippen LogP contribution is -2.74. The Morgan fingerprint density at radius 2 is 1.71 bits per heavy atom. The van der Waals surface area contributed by atoms with Crippen LogP contribution in [0.15, 0.2) is 30.6 Å². The highest BCUT2D eigenvalue weighted by Gasteiger charge is 2.64. The van der Waals surface area contributed by atoms with Crippen molar-refractivity contribution in [3.05, 3.63) is 47.3 Å². The van der Waals surface area contributed by atoms with Crippen LogP contribution >= 0.6 is 0 Å². The smallest absolute Gasteiger partial charge is 0.254 e. The Balaban J connectivity index is 1.37. The van der Waals surface area contributed by atoms with Crippen molar-refractivity contribution in [1.82, 2.24) is 15.3 Å². The van der Waals surface area contributed by atoms with Crippen molar-refractivity contribution in [1.29, 1.82) is 10.5 Å². The van der Waals surface area contributed by atoms with Gasteiger partial charge < -0.3 is 19.7 Å². The van der Waals surface area contributed by atoms with Crippen molar-refractivity contribution in [3.8, 4) is 17.9 Å². The molecule has 2 aliphatic rings. The quantitative estimate of drug-likeness (QED) is 0.556. The number of carbonyl (C=O) groups is 1. The maximum Gasteiger partial charge on any atom is 0.254 e. The Morgan fingerprint density at radius 1 is 1.08 bits per heavy atom. The number of anilines is 1. The molecular formula is C29H36N6O3. The number of nitriles is 2. The normalized spacial score (nSPS) is 22.0. The zero-order valence-electron chi connectivity index (χ0n) is 22.8. The average Bonchev–Trinajstić information content (AvgIpc) is 2.93. The molecule has 4 rings (SSSR count). The summed E-state index contributed by atoms with van der Waals surface area (Å²) in [6.07, 6.45) is 6.24. The molecule has 2 heterocycles. The van der Waals surface area contributed by atoms with Gasteiger partial charge in [0.2, 0.25) is 5.95 Å². The second-order valence-electron chi connectivity index (χ2n) is 11.5. The fourth-order valence-electron chi connectivity index (χ4n) is 6.24. The van der Waals surface area contributed by atoms with E-state index in [1.807, 2.05) is 12.1 Å². The molecule has 2 fully saturated rings. The summed E-state index contributed by atoms with van der Waals surface area (Å²) in [5.74, 6) is 1.64. The van der Waals surface area contributed by atoms with Crippen molar-refractivity contribution in [2.45, 2.75) is 59.1 Å². The number of methoxy groups -OCH3 is 1. The van der Waals surface area contributed by atoms with Crippen LogP contribution in [0.25, 0.3) is 0 Å². The van der Waals surface area contributed by atoms with Gasteiger partial charge in [-0.3, -0.25) is 4.79 Å². The van der Waals surface area contributed by atoms with Crippen molar-refractivity contribution >= 4 is 11.9 Å². The van der Waals surface area contributed by atoms with Gasteiger partial charge in [-0.25, -0.2) is 9.97 Å². The van der Waals surface area contributed by atoms with Crippen LogP contribution in [0, 0.1) is 39.4 Å². The topological polar surface area (TPSA) is 124 Å². The Bertz CT molecular complexity index is 1220. The number of aromatic nitrogens is 2. The minimum absolute atomic E-state index is 0.160. The van der Waals surface area contributed by atoms with Crippen LogP contribution in [0.4, 0.5) is 5.95 Å². The SMILES string of the molecule is COCCC1CCN(c2ncc(C(=O)N[C@H]3C(C)(C)[C@H](Oc4ccc(C#N)c(C#N)c4)C3(C)C)cn2)CC1. The average molecular weight is 517 g/mol. The summed E-state index contributed by atoms with van der Waals surface area (Å²) >= 11 is 0. The van der Waals surface area contributed by atoms with E-state index < -0.39 is 0 Å². The first-order chi connectivity index (χ1) is 18.1. The first-order valence-corrected chi connectivity index (χ1v) is 13.1. The van der Waals surface area contributed by atoms with Gasteiger partial charge in [0.15, 0.2) is 0 Å². The standard InChI is InChI=1S/C29H36N6O3/c1-28(2)25(29(3,4)26(28)38-23-7-6-20(15-30)21(14-23)16-31)34-24(36)22-17-32-27(33-18-22)35-11-8-19(9-12-35)10-13-37-5/h6-7,14,17-19,25-26H,8-13H2,1-5H3,(H,34,36)/t25-,26-. The minimum atomic E-state index is -0.381. The number of rotatable bonds is 8. The molecule has 1 N–H and O–H groups in total. The largest absolute Gasteiger partial charge is 0.489 e. The number of amides is 1. The van der Waals surface area contributed by atoms with Crippen molar-refractivity contribution < 1.29 is 14.3 Å². The molecule has 9 nitrogen and oxygen atoms in total. The number of hydrogen-bond acceptors (Lipinski definition) is 8. The molecule has 1 saturated heterocycles. The third-order valence-corrected chi connectivity index (χ3v) is 8.13. The first-order valence-electron chi connectivity index (χ1n) is 13.1. The predicted octanol–water partition coefficient (Wildman–Crippen LogP) is 4.08. The summed E-state index contributed by atoms with van der Waals surface area (Å²) in [5, 5.41) is 21.7. The molecule has 0 atom stereocenters. The molecule has 1 amide bonds. The Kier molecular flexibility index (Phi) is 7.89. The van der Waals surface area contributed by atoms with Gasteiger partial charge in [0.25, 0.3) is 5.91 Å². The van der Waals surface area contributed by atoms with E-state index >= 15 is 0 Å². The number of carbonyl (C=O) groups excluding carboxylic acids is 1. The van der Waals surface area contributed by atoms with Crippen molar-refractivity contribution in [3.63, 3.8) is 0 Å². The third kappa shape index (κ3) is 5.30. The van der Waals surface area contributed by atoms with Crippen molar-refractivity contribution in [2.24, 2.45) is 16.7 Å². The Morgan fingerprint density at radius 3 is 2.29 bits per heavy atom. The molecule has 2 aromatic rings. The molecule has 1 aliphatic carbocycles. The van der Waals surface area contributed by atoms with Gasteiger partial charge >= 0.3 is 0 Å². The summed E-state index contributed by atoms with van der Waals surface area (Å²) in [5.41, 5.74) is 0.257. The van der Waals surface area contributed by atoms with Crippen LogP contribution < -0.4 is 15.0 Å². The lowest BCUT2D eigenvalue weighted by molar-refractivity contribution is -0.164. The van der Waals surface area contributed by atoms with Gasteiger partial charge in [-0.05, 0) is 43.4 Å². The van der Waals surface area contributed by atoms with Gasteiger partial charge in [-0.15, -0.1) is 0 Å². The van der Waals surface area contributed by atoms with E-state index in [-0.39, 0.29) is 34.4 Å². The molecule has 1 aromatic heterocycles. The fraction of sp³-hybridized carbons (Fsp3) is 0.552. The van der Waals surface area contributed by atoms with Gasteiger partial charge in [0.05, 0.1) is 16.7 Å². The number of benzene rings is 1. The van der Waals surface area contributed by atoms with Gasteiger partial charge in [0, 0.05) is 56.1 Å². The van der Waals surface area contributed by atoms with E-state index in [2.05, 4.69) is 47.9 Å². The zero-order chi connectivity index (χ0) is 27.5. The molecule has 0 spiro atoms. The highest BCUT2D eigenvalue weighted by atomic mass is 16.5. The number of piperidine rings is 1. The summed E-state index contributed by atoms with van der Waals surface area (Å²) in [7, 11) is 1.74. The van der Waals surface area contributed by atoms with Gasteiger partial charge in [0.1, 0.15) is 24.0 Å². The van der Waals surface area contributed by atoms with Crippen LogP contribution in [0.1, 0.15) is 68.4 Å². The number of nitrogens with zero attached hydrogens (tertiary/aromatic N) is 5. The monoisotopic (exact) mass is 516 g/mol. The molecule has 200 valence electrons. The Hall–Kier alpha value is -3.69. The van der Waals surface area contributed by atoms with Gasteiger partial charge in [-0.2, -0.15) is 10.5 Å². The van der Waals surface area contributed by atoms with Crippen LogP contribution in [0.2, 0.25) is 0 Å². The second-order valence-corrected chi connectivity index (χ2v) is 11.5. The summed E-state index contributed by atoms with van der Waals surface area (Å²) in [6.45, 7) is 10.8. The molecule has 0 bridgehead atoms. The minimum Gasteiger partial charge on any atom is -0.489 e. The van der Waals surface area contributed by atoms with E-state index in [0.29, 0.717) is 28.7 Å². The summed E-state index contributed by atoms with van der Waals surface area (Å²) in [6, 6.07) is 8.80. The van der Waals surface area contributed by atoms with Crippen LogP contribution in [-0.2, 0) is 4.74 Å². The van der Waals surface area contributed by atoms with E-state index in [0.717, 1.165) is 39.0 Å². The number of ether oxygens (including phenoxy) is 2. The fourth-order valence-corrected chi connectivity index (χ4v) is 6.24. The van der Waals surface area contributed by atoms with Crippen LogP contribution in [0.5, 0.6) is 5.75 Å². The summed E-state index contributed by atoms with van der Waals surface area (Å²) < 4.78 is 11.5. The molecule has 9 heteroatoms. The molecule has 0 radical (unpaired) electrons. The predicted molar refractivity (Wildman–Crippen MR) is 143 cm³/mol. The van der Waals surface area contributed by atoms with E-state index in [9.17, 15) is 15.3 Å². The van der Waals surface area contributed by atoms with E-state index in [4.69, 9.17) is 9.47 Å². The molecular weight excluding hydrogens is 480 g/mol. The zero-order valence-corrected chi connectivity index (χ0v) is 22.8. The molecule has 1 saturated carbocycles. The molecule has 1 aromatic carbocycles. The lowest BCUT2D eigenvalue weighted by atomic mass is 9.49. The Labute approximate surface area is 224 Å². The maximum atomic E-state index is 13.1. The lowest BCUT2D eigenvalue weighted by Gasteiger charge is -2.63. The number of hydrogen-bond donors (Lipinski definition) is 1. The van der Waals surface area contributed by atoms with E-state index in [1.165, 1.54) is 0 Å². The third-order valence-electron chi connectivity index (χ3n) is 8.13.